The number of likely N-dealkylation sites (N-methyl/N-ethyl adjacent to an activating group) is 1. The topological polar surface area (TPSA) is 37.3 Å². The second kappa shape index (κ2) is 16.6. The Kier molecular flexibility index (Phi) is 16.2. The number of carbonyl (C=O) groups is 1. The third-order valence-electron chi connectivity index (χ3n) is 6.42. The van der Waals surface area contributed by atoms with Gasteiger partial charge in [-0.1, -0.05) is 84.0 Å². The summed E-state index contributed by atoms with van der Waals surface area (Å²) in [6, 6.07) is -0.220. The molecule has 0 aromatic carbocycles. The quantitative estimate of drug-likeness (QED) is 0.200. The number of hydrogen-bond acceptors (Lipinski definition) is 1. The normalized spacial score (nSPS) is 13.1. The molecule has 156 valence electrons. The van der Waals surface area contributed by atoms with E-state index in [1.54, 1.807) is 0 Å². The highest BCUT2D eigenvalue weighted by atomic mass is 16.4. The van der Waals surface area contributed by atoms with Gasteiger partial charge in [-0.2, -0.15) is 0 Å². The number of hydrogen-bond donors (Lipinski definition) is 1. The lowest BCUT2D eigenvalue weighted by atomic mass is 10.0. The van der Waals surface area contributed by atoms with E-state index in [2.05, 4.69) is 27.7 Å². The van der Waals surface area contributed by atoms with E-state index in [1.807, 2.05) is 0 Å². The first-order valence-electron chi connectivity index (χ1n) is 11.7. The first-order chi connectivity index (χ1) is 12.6. The molecule has 0 radical (unpaired) electrons. The van der Waals surface area contributed by atoms with Crippen LogP contribution in [0.25, 0.3) is 0 Å². The van der Waals surface area contributed by atoms with Crippen LogP contribution in [0.4, 0.5) is 0 Å². The van der Waals surface area contributed by atoms with Crippen LogP contribution in [0.2, 0.25) is 0 Å². The van der Waals surface area contributed by atoms with Gasteiger partial charge in [-0.05, 0) is 27.2 Å². The van der Waals surface area contributed by atoms with Crippen molar-refractivity contribution in [2.45, 2.75) is 124 Å². The predicted molar refractivity (Wildman–Crippen MR) is 114 cm³/mol. The number of rotatable bonds is 19. The van der Waals surface area contributed by atoms with E-state index in [9.17, 15) is 9.90 Å². The van der Waals surface area contributed by atoms with Crippen LogP contribution < -0.4 is 0 Å². The van der Waals surface area contributed by atoms with Crippen molar-refractivity contribution in [1.82, 2.24) is 0 Å². The summed E-state index contributed by atoms with van der Waals surface area (Å²) in [5.41, 5.74) is 0. The van der Waals surface area contributed by atoms with Crippen molar-refractivity contribution in [2.75, 3.05) is 19.6 Å². The summed E-state index contributed by atoms with van der Waals surface area (Å²) in [6.45, 7) is 11.4. The van der Waals surface area contributed by atoms with Gasteiger partial charge in [0, 0.05) is 6.42 Å². The third-order valence-corrected chi connectivity index (χ3v) is 6.42. The summed E-state index contributed by atoms with van der Waals surface area (Å²) in [7, 11) is 0. The fourth-order valence-corrected chi connectivity index (χ4v) is 4.32. The van der Waals surface area contributed by atoms with Crippen molar-refractivity contribution in [2.24, 2.45) is 0 Å². The zero-order valence-electron chi connectivity index (χ0n) is 18.4. The molecule has 3 heteroatoms. The summed E-state index contributed by atoms with van der Waals surface area (Å²) in [5.74, 6) is -0.602. The van der Waals surface area contributed by atoms with Crippen molar-refractivity contribution >= 4 is 5.97 Å². The maximum Gasteiger partial charge on any atom is 0.362 e. The standard InChI is InChI=1S/C23H47NO2/c1-5-9-10-11-12-13-14-15-16-17-18-19-20-21-22(23(25)26)24(6-2,7-3)8-4/h22H,5-21H2,1-4H3/p+1. The highest BCUT2D eigenvalue weighted by molar-refractivity contribution is 5.72. The molecule has 0 saturated heterocycles. The van der Waals surface area contributed by atoms with Gasteiger partial charge in [-0.25, -0.2) is 4.79 Å². The summed E-state index contributed by atoms with van der Waals surface area (Å²) < 4.78 is 0.730. The van der Waals surface area contributed by atoms with Gasteiger partial charge < -0.3 is 9.59 Å². The average molecular weight is 371 g/mol. The molecule has 0 aliphatic rings. The van der Waals surface area contributed by atoms with Gasteiger partial charge in [0.25, 0.3) is 0 Å². The minimum atomic E-state index is -0.602. The summed E-state index contributed by atoms with van der Waals surface area (Å²) >= 11 is 0. The molecule has 1 unspecified atom stereocenters. The molecular weight excluding hydrogens is 322 g/mol. The van der Waals surface area contributed by atoms with E-state index >= 15 is 0 Å². The Morgan fingerprint density at radius 1 is 0.654 bits per heavy atom. The van der Waals surface area contributed by atoms with Gasteiger partial charge >= 0.3 is 5.97 Å². The van der Waals surface area contributed by atoms with Gasteiger partial charge in [0.1, 0.15) is 0 Å². The molecule has 0 aromatic heterocycles. The third kappa shape index (κ3) is 10.5. The smallest absolute Gasteiger partial charge is 0.362 e. The molecule has 0 aromatic rings. The van der Waals surface area contributed by atoms with Crippen molar-refractivity contribution in [1.29, 1.82) is 0 Å². The maximum absolute atomic E-state index is 11.8. The van der Waals surface area contributed by atoms with E-state index in [-0.39, 0.29) is 6.04 Å². The Balaban J connectivity index is 3.73. The summed E-state index contributed by atoms with van der Waals surface area (Å²) in [5, 5.41) is 9.68. The highest BCUT2D eigenvalue weighted by Crippen LogP contribution is 2.20. The molecule has 0 bridgehead atoms. The van der Waals surface area contributed by atoms with Gasteiger partial charge in [0.05, 0.1) is 19.6 Å². The van der Waals surface area contributed by atoms with Crippen LogP contribution in [0, 0.1) is 0 Å². The summed E-state index contributed by atoms with van der Waals surface area (Å²) in [4.78, 5) is 11.8. The van der Waals surface area contributed by atoms with E-state index in [4.69, 9.17) is 0 Å². The molecule has 0 saturated carbocycles. The molecule has 0 heterocycles. The lowest BCUT2D eigenvalue weighted by Crippen LogP contribution is -2.58. The van der Waals surface area contributed by atoms with Gasteiger partial charge in [0.15, 0.2) is 6.04 Å². The zero-order chi connectivity index (χ0) is 19.7. The van der Waals surface area contributed by atoms with Crippen molar-refractivity contribution in [3.05, 3.63) is 0 Å². The highest BCUT2D eigenvalue weighted by Gasteiger charge is 2.37. The number of aliphatic carboxylic acids is 1. The summed E-state index contributed by atoms with van der Waals surface area (Å²) in [6.07, 6.45) is 18.2. The number of carboxylic acids is 1. The number of unbranched alkanes of at least 4 members (excludes halogenated alkanes) is 12. The van der Waals surface area contributed by atoms with Crippen molar-refractivity contribution in [3.8, 4) is 0 Å². The molecule has 0 spiro atoms. The minimum Gasteiger partial charge on any atom is -0.477 e. The van der Waals surface area contributed by atoms with E-state index in [1.165, 1.54) is 77.0 Å². The van der Waals surface area contributed by atoms with Crippen molar-refractivity contribution in [3.63, 3.8) is 0 Å². The maximum atomic E-state index is 11.8. The molecule has 0 amide bonds. The Hall–Kier alpha value is -0.570. The Labute approximate surface area is 164 Å². The van der Waals surface area contributed by atoms with E-state index in [0.717, 1.165) is 37.0 Å². The fourth-order valence-electron chi connectivity index (χ4n) is 4.32. The zero-order valence-corrected chi connectivity index (χ0v) is 18.4. The van der Waals surface area contributed by atoms with Crippen LogP contribution >= 0.6 is 0 Å². The molecule has 1 atom stereocenters. The molecule has 0 fully saturated rings. The number of carboxylic acid groups (broad SMARTS) is 1. The van der Waals surface area contributed by atoms with Crippen LogP contribution in [-0.4, -0.2) is 41.2 Å². The van der Waals surface area contributed by atoms with Crippen LogP contribution in [0.15, 0.2) is 0 Å². The van der Waals surface area contributed by atoms with Crippen LogP contribution in [-0.2, 0) is 4.79 Å². The van der Waals surface area contributed by atoms with E-state index in [0.29, 0.717) is 0 Å². The predicted octanol–water partition coefficient (Wildman–Crippen LogP) is 6.80. The molecule has 3 nitrogen and oxygen atoms in total. The van der Waals surface area contributed by atoms with Crippen molar-refractivity contribution < 1.29 is 14.4 Å². The van der Waals surface area contributed by atoms with E-state index < -0.39 is 5.97 Å². The molecule has 26 heavy (non-hydrogen) atoms. The lowest BCUT2D eigenvalue weighted by molar-refractivity contribution is -0.939. The Morgan fingerprint density at radius 3 is 1.31 bits per heavy atom. The monoisotopic (exact) mass is 370 g/mol. The second-order valence-corrected chi connectivity index (χ2v) is 8.05. The SMILES string of the molecule is CCCCCCCCCCCCCCCC(C(=O)O)[N+](CC)(CC)CC. The average Bonchev–Trinajstić information content (AvgIpc) is 2.65. The van der Waals surface area contributed by atoms with Crippen LogP contribution in [0.5, 0.6) is 0 Å². The molecule has 0 aliphatic carbocycles. The Morgan fingerprint density at radius 2 is 1.00 bits per heavy atom. The first-order valence-corrected chi connectivity index (χ1v) is 11.7. The number of nitrogens with zero attached hydrogens (tertiary/aromatic N) is 1. The minimum absolute atomic E-state index is 0.220. The van der Waals surface area contributed by atoms with Crippen LogP contribution in [0.1, 0.15) is 118 Å². The molecule has 0 aliphatic heterocycles. The van der Waals surface area contributed by atoms with Gasteiger partial charge in [-0.15, -0.1) is 0 Å². The molecular formula is C23H48NO2+. The van der Waals surface area contributed by atoms with Gasteiger partial charge in [-0.3, -0.25) is 0 Å². The lowest BCUT2D eigenvalue weighted by Gasteiger charge is -2.40. The fraction of sp³-hybridized carbons (Fsp3) is 0.957. The number of quaternary nitrogens is 1. The molecule has 0 rings (SSSR count). The largest absolute Gasteiger partial charge is 0.477 e. The first kappa shape index (κ1) is 25.4. The second-order valence-electron chi connectivity index (χ2n) is 8.05. The Bertz CT molecular complexity index is 318. The van der Waals surface area contributed by atoms with Gasteiger partial charge in [0.2, 0.25) is 0 Å². The van der Waals surface area contributed by atoms with Crippen LogP contribution in [0.3, 0.4) is 0 Å². The molecule has 1 N–H and O–H groups in total.